The molecule has 2 fully saturated rings. The van der Waals surface area contributed by atoms with E-state index >= 15 is 0 Å². The van der Waals surface area contributed by atoms with Gasteiger partial charge in [-0.1, -0.05) is 20.3 Å². The molecule has 0 radical (unpaired) electrons. The summed E-state index contributed by atoms with van der Waals surface area (Å²) in [5, 5.41) is 3.53. The Hall–Kier alpha value is -0.0800. The standard InChI is InChI=1S/C14H27NO/c1-11-4-5-12(2)14(8-11)9-13(14)10-15-6-7-16-3/h11-13,15H,4-10H2,1-3H3. The number of rotatable bonds is 5. The lowest BCUT2D eigenvalue weighted by atomic mass is 9.71. The fourth-order valence-electron chi connectivity index (χ4n) is 3.75. The van der Waals surface area contributed by atoms with Crippen LogP contribution in [0.5, 0.6) is 0 Å². The van der Waals surface area contributed by atoms with Crippen molar-refractivity contribution in [3.05, 3.63) is 0 Å². The van der Waals surface area contributed by atoms with Gasteiger partial charge in [0.05, 0.1) is 6.61 Å². The molecule has 2 aliphatic rings. The highest BCUT2D eigenvalue weighted by molar-refractivity contribution is 5.08. The van der Waals surface area contributed by atoms with Crippen molar-refractivity contribution in [2.75, 3.05) is 26.8 Å². The van der Waals surface area contributed by atoms with Gasteiger partial charge in [0.2, 0.25) is 0 Å². The van der Waals surface area contributed by atoms with Crippen LogP contribution in [0.2, 0.25) is 0 Å². The lowest BCUT2D eigenvalue weighted by Gasteiger charge is -2.34. The van der Waals surface area contributed by atoms with Crippen molar-refractivity contribution in [2.45, 2.75) is 39.5 Å². The molecule has 16 heavy (non-hydrogen) atoms. The van der Waals surface area contributed by atoms with Gasteiger partial charge in [0.15, 0.2) is 0 Å². The van der Waals surface area contributed by atoms with Gasteiger partial charge in [-0.25, -0.2) is 0 Å². The molecule has 0 aromatic heterocycles. The molecule has 1 spiro atoms. The van der Waals surface area contributed by atoms with E-state index in [4.69, 9.17) is 4.74 Å². The van der Waals surface area contributed by atoms with E-state index in [1.807, 2.05) is 0 Å². The molecule has 2 rings (SSSR count). The fourth-order valence-corrected chi connectivity index (χ4v) is 3.75. The van der Waals surface area contributed by atoms with Gasteiger partial charge >= 0.3 is 0 Å². The molecule has 0 bridgehead atoms. The summed E-state index contributed by atoms with van der Waals surface area (Å²) < 4.78 is 5.06. The second kappa shape index (κ2) is 5.05. The fraction of sp³-hybridized carbons (Fsp3) is 1.00. The van der Waals surface area contributed by atoms with Crippen LogP contribution in [0.3, 0.4) is 0 Å². The Morgan fingerprint density at radius 1 is 1.25 bits per heavy atom. The summed E-state index contributed by atoms with van der Waals surface area (Å²) in [5.74, 6) is 2.86. The zero-order valence-corrected chi connectivity index (χ0v) is 11.1. The third-order valence-corrected chi connectivity index (χ3v) is 4.96. The Balaban J connectivity index is 1.74. The van der Waals surface area contributed by atoms with Crippen molar-refractivity contribution in [1.82, 2.24) is 5.32 Å². The molecule has 1 N–H and O–H groups in total. The highest BCUT2D eigenvalue weighted by Crippen LogP contribution is 2.64. The molecule has 94 valence electrons. The highest BCUT2D eigenvalue weighted by atomic mass is 16.5. The van der Waals surface area contributed by atoms with Gasteiger partial charge in [-0.2, -0.15) is 0 Å². The van der Waals surface area contributed by atoms with Crippen LogP contribution >= 0.6 is 0 Å². The van der Waals surface area contributed by atoms with Crippen molar-refractivity contribution in [2.24, 2.45) is 23.2 Å². The number of hydrogen-bond acceptors (Lipinski definition) is 2. The maximum Gasteiger partial charge on any atom is 0.0587 e. The van der Waals surface area contributed by atoms with Gasteiger partial charge < -0.3 is 10.1 Å². The van der Waals surface area contributed by atoms with Crippen LogP contribution in [0.15, 0.2) is 0 Å². The minimum absolute atomic E-state index is 0.720. The largest absolute Gasteiger partial charge is 0.383 e. The molecule has 4 atom stereocenters. The second-order valence-corrected chi connectivity index (χ2v) is 6.12. The number of ether oxygens (including phenoxy) is 1. The Morgan fingerprint density at radius 2 is 2.06 bits per heavy atom. The first-order valence-electron chi connectivity index (χ1n) is 6.88. The molecule has 0 amide bonds. The molecule has 0 saturated heterocycles. The van der Waals surface area contributed by atoms with E-state index in [2.05, 4.69) is 19.2 Å². The Labute approximate surface area is 100 Å². The second-order valence-electron chi connectivity index (χ2n) is 6.12. The molecule has 2 saturated carbocycles. The highest BCUT2D eigenvalue weighted by Gasteiger charge is 2.57. The normalized spacial score (nSPS) is 42.6. The van der Waals surface area contributed by atoms with Crippen molar-refractivity contribution in [1.29, 1.82) is 0 Å². The zero-order chi connectivity index (χ0) is 11.6. The van der Waals surface area contributed by atoms with Crippen LogP contribution in [0, 0.1) is 23.2 Å². The van der Waals surface area contributed by atoms with Crippen LogP contribution in [-0.4, -0.2) is 26.8 Å². The minimum Gasteiger partial charge on any atom is -0.383 e. The van der Waals surface area contributed by atoms with E-state index in [1.54, 1.807) is 7.11 Å². The number of nitrogens with one attached hydrogen (secondary N) is 1. The van der Waals surface area contributed by atoms with E-state index in [9.17, 15) is 0 Å². The summed E-state index contributed by atoms with van der Waals surface area (Å²) >= 11 is 0. The predicted octanol–water partition coefficient (Wildman–Crippen LogP) is 2.68. The monoisotopic (exact) mass is 225 g/mol. The molecule has 2 heteroatoms. The maximum atomic E-state index is 5.06. The van der Waals surface area contributed by atoms with Crippen molar-refractivity contribution < 1.29 is 4.74 Å². The average molecular weight is 225 g/mol. The van der Waals surface area contributed by atoms with E-state index in [0.29, 0.717) is 0 Å². The molecule has 0 aliphatic heterocycles. The third kappa shape index (κ3) is 2.43. The number of hydrogen-bond donors (Lipinski definition) is 1. The van der Waals surface area contributed by atoms with Gasteiger partial charge in [0, 0.05) is 13.7 Å². The first-order valence-corrected chi connectivity index (χ1v) is 6.88. The van der Waals surface area contributed by atoms with Crippen LogP contribution in [0.4, 0.5) is 0 Å². The molecule has 4 unspecified atom stereocenters. The molecular weight excluding hydrogens is 198 g/mol. The SMILES string of the molecule is COCCNCC1CC12CC(C)CCC2C. The Bertz CT molecular complexity index is 231. The Kier molecular flexibility index (Phi) is 3.91. The van der Waals surface area contributed by atoms with Gasteiger partial charge in [-0.05, 0) is 49.0 Å². The van der Waals surface area contributed by atoms with Gasteiger partial charge in [0.1, 0.15) is 0 Å². The quantitative estimate of drug-likeness (QED) is 0.726. The summed E-state index contributed by atoms with van der Waals surface area (Å²) in [7, 11) is 1.77. The third-order valence-electron chi connectivity index (χ3n) is 4.96. The molecule has 0 heterocycles. The van der Waals surface area contributed by atoms with Crippen molar-refractivity contribution >= 4 is 0 Å². The van der Waals surface area contributed by atoms with Gasteiger partial charge in [-0.15, -0.1) is 0 Å². The van der Waals surface area contributed by atoms with E-state index in [0.717, 1.165) is 36.3 Å². The van der Waals surface area contributed by atoms with Crippen LogP contribution < -0.4 is 5.32 Å². The van der Waals surface area contributed by atoms with Crippen molar-refractivity contribution in [3.8, 4) is 0 Å². The minimum atomic E-state index is 0.720. The summed E-state index contributed by atoms with van der Waals surface area (Å²) in [5.41, 5.74) is 0.720. The molecule has 2 aliphatic carbocycles. The lowest BCUT2D eigenvalue weighted by Crippen LogP contribution is -2.29. The van der Waals surface area contributed by atoms with Crippen LogP contribution in [0.25, 0.3) is 0 Å². The smallest absolute Gasteiger partial charge is 0.0587 e. The van der Waals surface area contributed by atoms with Crippen LogP contribution in [-0.2, 0) is 4.74 Å². The van der Waals surface area contributed by atoms with E-state index in [-0.39, 0.29) is 0 Å². The predicted molar refractivity (Wildman–Crippen MR) is 67.5 cm³/mol. The van der Waals surface area contributed by atoms with Gasteiger partial charge in [-0.3, -0.25) is 0 Å². The zero-order valence-electron chi connectivity index (χ0n) is 11.1. The molecular formula is C14H27NO. The van der Waals surface area contributed by atoms with Gasteiger partial charge in [0.25, 0.3) is 0 Å². The summed E-state index contributed by atoms with van der Waals surface area (Å²) in [4.78, 5) is 0. The van der Waals surface area contributed by atoms with E-state index < -0.39 is 0 Å². The lowest BCUT2D eigenvalue weighted by molar-refractivity contribution is 0.160. The molecule has 2 nitrogen and oxygen atoms in total. The molecule has 0 aromatic carbocycles. The summed E-state index contributed by atoms with van der Waals surface area (Å²) in [6, 6.07) is 0. The van der Waals surface area contributed by atoms with Crippen molar-refractivity contribution in [3.63, 3.8) is 0 Å². The average Bonchev–Trinajstić information content (AvgIpc) is 2.94. The summed E-state index contributed by atoms with van der Waals surface area (Å²) in [6.45, 7) is 7.96. The topological polar surface area (TPSA) is 21.3 Å². The first-order chi connectivity index (χ1) is 7.69. The first kappa shape index (κ1) is 12.4. The van der Waals surface area contributed by atoms with Crippen LogP contribution in [0.1, 0.15) is 39.5 Å². The van der Waals surface area contributed by atoms with E-state index in [1.165, 1.54) is 32.2 Å². The summed E-state index contributed by atoms with van der Waals surface area (Å²) in [6.07, 6.45) is 5.85. The number of methoxy groups -OCH3 is 1. The maximum absolute atomic E-state index is 5.06. The Morgan fingerprint density at radius 3 is 2.81 bits per heavy atom. The molecule has 0 aromatic rings.